The van der Waals surface area contributed by atoms with Crippen molar-refractivity contribution in [2.75, 3.05) is 19.8 Å². The summed E-state index contributed by atoms with van der Waals surface area (Å²) in [5.74, 6) is 1.69. The maximum Gasteiger partial charge on any atom is 0.266 e. The second-order valence-electron chi connectivity index (χ2n) is 10.0. The number of rotatable bonds is 2. The fourth-order valence-corrected chi connectivity index (χ4v) is 6.27. The number of carbonyl (C=O) groups excluding carboxylic acids is 1. The van der Waals surface area contributed by atoms with Crippen LogP contribution in [0.25, 0.3) is 5.65 Å². The van der Waals surface area contributed by atoms with Crippen LogP contribution >= 0.6 is 0 Å². The lowest BCUT2D eigenvalue weighted by Gasteiger charge is -2.46. The van der Waals surface area contributed by atoms with Crippen molar-refractivity contribution in [3.8, 4) is 11.5 Å². The number of amides is 1. The highest BCUT2D eigenvalue weighted by molar-refractivity contribution is 5.81. The van der Waals surface area contributed by atoms with Crippen LogP contribution in [0.3, 0.4) is 0 Å². The molecule has 8 heteroatoms. The molecule has 1 unspecified atom stereocenters. The third kappa shape index (κ3) is 3.15. The van der Waals surface area contributed by atoms with Gasteiger partial charge in [-0.25, -0.2) is 9.50 Å². The molecule has 2 aromatic heterocycles. The summed E-state index contributed by atoms with van der Waals surface area (Å²) in [7, 11) is 0. The topological polar surface area (TPSA) is 88.9 Å². The second-order valence-corrected chi connectivity index (χ2v) is 10.0. The molecule has 1 aromatic carbocycles. The predicted octanol–water partition coefficient (Wildman–Crippen LogP) is 3.37. The molecule has 6 rings (SSSR count). The first-order chi connectivity index (χ1) is 16.4. The van der Waals surface area contributed by atoms with Crippen molar-refractivity contribution < 1.29 is 14.3 Å². The Hall–Kier alpha value is -3.29. The molecular formula is C26H30N4O4. The summed E-state index contributed by atoms with van der Waals surface area (Å²) in [5.41, 5.74) is 5.33. The number of hydrogen-bond acceptors (Lipinski definition) is 5. The molecule has 2 aliphatic heterocycles. The normalized spacial score (nSPS) is 20.7. The molecular weight excluding hydrogens is 432 g/mol. The van der Waals surface area contributed by atoms with E-state index >= 15 is 0 Å². The SMILES string of the molecule is Cc1nc2cc(=O)[nH]n2c(C)c1CC(=O)N1CC2(CCCC2)c2cc3c(cc2C1C)OCCO3. The quantitative estimate of drug-likeness (QED) is 0.631. The van der Waals surface area contributed by atoms with Crippen LogP contribution in [0.5, 0.6) is 11.5 Å². The van der Waals surface area contributed by atoms with Gasteiger partial charge in [-0.05, 0) is 56.9 Å². The molecule has 34 heavy (non-hydrogen) atoms. The number of carbonyl (C=O) groups is 1. The van der Waals surface area contributed by atoms with Gasteiger partial charge in [0, 0.05) is 35.0 Å². The highest BCUT2D eigenvalue weighted by Crippen LogP contribution is 2.52. The number of aryl methyl sites for hydroxylation is 2. The maximum atomic E-state index is 13.8. The first kappa shape index (κ1) is 21.3. The van der Waals surface area contributed by atoms with E-state index in [0.717, 1.165) is 41.3 Å². The van der Waals surface area contributed by atoms with E-state index in [9.17, 15) is 9.59 Å². The molecule has 1 fully saturated rings. The molecule has 1 N–H and O–H groups in total. The van der Waals surface area contributed by atoms with Crippen molar-refractivity contribution in [3.05, 3.63) is 56.6 Å². The molecule has 1 atom stereocenters. The van der Waals surface area contributed by atoms with E-state index < -0.39 is 0 Å². The van der Waals surface area contributed by atoms with Crippen molar-refractivity contribution in [1.29, 1.82) is 0 Å². The summed E-state index contributed by atoms with van der Waals surface area (Å²) in [5, 5.41) is 2.79. The monoisotopic (exact) mass is 462 g/mol. The average molecular weight is 463 g/mol. The Morgan fingerprint density at radius 2 is 1.85 bits per heavy atom. The number of benzene rings is 1. The van der Waals surface area contributed by atoms with Crippen LogP contribution in [0.2, 0.25) is 0 Å². The van der Waals surface area contributed by atoms with Gasteiger partial charge in [-0.15, -0.1) is 0 Å². The van der Waals surface area contributed by atoms with Gasteiger partial charge in [0.25, 0.3) is 5.56 Å². The van der Waals surface area contributed by atoms with E-state index in [4.69, 9.17) is 9.47 Å². The minimum absolute atomic E-state index is 0.0364. The first-order valence-electron chi connectivity index (χ1n) is 12.2. The Kier molecular flexibility index (Phi) is 4.76. The number of ether oxygens (including phenoxy) is 2. The first-order valence-corrected chi connectivity index (χ1v) is 12.2. The number of H-pyrrole nitrogens is 1. The van der Waals surface area contributed by atoms with Crippen molar-refractivity contribution in [2.45, 2.75) is 64.3 Å². The molecule has 178 valence electrons. The molecule has 3 aromatic rings. The molecule has 0 radical (unpaired) electrons. The minimum atomic E-state index is -0.197. The van der Waals surface area contributed by atoms with E-state index in [2.05, 4.69) is 29.1 Å². The molecule has 0 saturated heterocycles. The van der Waals surface area contributed by atoms with Crippen molar-refractivity contribution >= 4 is 11.6 Å². The molecule has 8 nitrogen and oxygen atoms in total. The van der Waals surface area contributed by atoms with E-state index in [-0.39, 0.29) is 29.3 Å². The Labute approximate surface area is 197 Å². The van der Waals surface area contributed by atoms with Crippen molar-refractivity contribution in [2.24, 2.45) is 0 Å². The van der Waals surface area contributed by atoms with Crippen LogP contribution in [0.4, 0.5) is 0 Å². The minimum Gasteiger partial charge on any atom is -0.486 e. The highest BCUT2D eigenvalue weighted by atomic mass is 16.6. The third-order valence-corrected chi connectivity index (χ3v) is 8.09. The van der Waals surface area contributed by atoms with Gasteiger partial charge in [0.05, 0.1) is 12.5 Å². The Balaban J connectivity index is 1.39. The molecule has 4 heterocycles. The lowest BCUT2D eigenvalue weighted by molar-refractivity contribution is -0.134. The van der Waals surface area contributed by atoms with Crippen LogP contribution in [-0.4, -0.2) is 45.2 Å². The van der Waals surface area contributed by atoms with Crippen LogP contribution < -0.4 is 15.0 Å². The van der Waals surface area contributed by atoms with E-state index in [1.165, 1.54) is 30.0 Å². The highest BCUT2D eigenvalue weighted by Gasteiger charge is 2.46. The van der Waals surface area contributed by atoms with Gasteiger partial charge in [-0.1, -0.05) is 12.8 Å². The summed E-state index contributed by atoms with van der Waals surface area (Å²) >= 11 is 0. The van der Waals surface area contributed by atoms with Gasteiger partial charge in [-0.3, -0.25) is 14.7 Å². The van der Waals surface area contributed by atoms with Gasteiger partial charge in [-0.2, -0.15) is 0 Å². The molecule has 0 bridgehead atoms. The molecule has 1 aliphatic carbocycles. The van der Waals surface area contributed by atoms with Gasteiger partial charge >= 0.3 is 0 Å². The second kappa shape index (κ2) is 7.61. The average Bonchev–Trinajstić information content (AvgIpc) is 3.45. The predicted molar refractivity (Wildman–Crippen MR) is 127 cm³/mol. The van der Waals surface area contributed by atoms with E-state index in [1.807, 2.05) is 18.7 Å². The fraction of sp³-hybridized carbons (Fsp3) is 0.500. The number of hydrogen-bond donors (Lipinski definition) is 1. The lowest BCUT2D eigenvalue weighted by atomic mass is 9.71. The molecule has 1 spiro atoms. The number of fused-ring (bicyclic) bond motifs is 4. The van der Waals surface area contributed by atoms with Gasteiger partial charge in [0.15, 0.2) is 17.1 Å². The third-order valence-electron chi connectivity index (χ3n) is 8.09. The maximum absolute atomic E-state index is 13.8. The van der Waals surface area contributed by atoms with Crippen LogP contribution in [-0.2, 0) is 16.6 Å². The summed E-state index contributed by atoms with van der Waals surface area (Å²) in [6.45, 7) is 7.78. The zero-order chi connectivity index (χ0) is 23.6. The molecule has 3 aliphatic rings. The van der Waals surface area contributed by atoms with Crippen LogP contribution in [0, 0.1) is 13.8 Å². The standard InChI is InChI=1S/C26H30N4O4/c1-15-18(17(3)30-23(27-15)13-24(31)28-30)11-25(32)29-14-26(6-4-5-7-26)20-12-22-21(33-8-9-34-22)10-19(20)16(29)2/h10,12-13,16H,4-9,11,14H2,1-3H3,(H,28,31). The Morgan fingerprint density at radius 3 is 2.59 bits per heavy atom. The van der Waals surface area contributed by atoms with Crippen LogP contribution in [0.1, 0.15) is 66.7 Å². The summed E-state index contributed by atoms with van der Waals surface area (Å²) in [4.78, 5) is 32.3. The van der Waals surface area contributed by atoms with E-state index in [0.29, 0.717) is 25.4 Å². The van der Waals surface area contributed by atoms with Crippen LogP contribution in [0.15, 0.2) is 23.0 Å². The Bertz CT molecular complexity index is 1370. The summed E-state index contributed by atoms with van der Waals surface area (Å²) in [6, 6.07) is 5.70. The lowest BCUT2D eigenvalue weighted by Crippen LogP contribution is -2.49. The van der Waals surface area contributed by atoms with Crippen molar-refractivity contribution in [1.82, 2.24) is 19.5 Å². The zero-order valence-corrected chi connectivity index (χ0v) is 19.9. The largest absolute Gasteiger partial charge is 0.486 e. The number of nitrogens with zero attached hydrogens (tertiary/aromatic N) is 3. The number of nitrogens with one attached hydrogen (secondary N) is 1. The smallest absolute Gasteiger partial charge is 0.266 e. The van der Waals surface area contributed by atoms with Crippen molar-refractivity contribution in [3.63, 3.8) is 0 Å². The Morgan fingerprint density at radius 1 is 1.15 bits per heavy atom. The van der Waals surface area contributed by atoms with E-state index in [1.54, 1.807) is 4.52 Å². The number of aromatic nitrogens is 3. The molecule has 1 saturated carbocycles. The van der Waals surface area contributed by atoms with Gasteiger partial charge in [0.2, 0.25) is 5.91 Å². The molecule has 1 amide bonds. The van der Waals surface area contributed by atoms with Gasteiger partial charge < -0.3 is 14.4 Å². The summed E-state index contributed by atoms with van der Waals surface area (Å²) in [6.07, 6.45) is 4.74. The van der Waals surface area contributed by atoms with Gasteiger partial charge in [0.1, 0.15) is 13.2 Å². The number of aromatic amines is 1. The summed E-state index contributed by atoms with van der Waals surface area (Å²) < 4.78 is 13.5. The fourth-order valence-electron chi connectivity index (χ4n) is 6.27. The zero-order valence-electron chi connectivity index (χ0n) is 19.9.